The summed E-state index contributed by atoms with van der Waals surface area (Å²) in [6.45, 7) is 5.46. The molecule has 0 heterocycles. The van der Waals surface area contributed by atoms with Gasteiger partial charge in [0.1, 0.15) is 0 Å². The number of aryl methyl sites for hydroxylation is 1. The first-order valence-electron chi connectivity index (χ1n) is 7.31. The molecule has 0 fully saturated rings. The summed E-state index contributed by atoms with van der Waals surface area (Å²) in [7, 11) is 0. The van der Waals surface area contributed by atoms with Gasteiger partial charge in [0.05, 0.1) is 11.4 Å². The molecule has 0 saturated heterocycles. The number of hydrogen-bond acceptors (Lipinski definition) is 2. The van der Waals surface area contributed by atoms with Gasteiger partial charge in [0.2, 0.25) is 5.91 Å². The normalized spacial score (nSPS) is 9.78. The van der Waals surface area contributed by atoms with Gasteiger partial charge in [-0.05, 0) is 42.3 Å². The van der Waals surface area contributed by atoms with Crippen LogP contribution in [0, 0.1) is 0 Å². The van der Waals surface area contributed by atoms with E-state index in [1.807, 2.05) is 24.3 Å². The lowest BCUT2D eigenvalue weighted by atomic mass is 10.1. The van der Waals surface area contributed by atoms with E-state index in [0.717, 1.165) is 17.7 Å². The molecule has 0 bridgehead atoms. The number of para-hydroxylation sites is 2. The number of benzene rings is 2. The Balaban J connectivity index is 2.08. The maximum Gasteiger partial charge on any atom is 0.323 e. The molecule has 2 rings (SSSR count). The third-order valence-electron chi connectivity index (χ3n) is 3.21. The molecule has 0 aromatic heterocycles. The molecule has 23 heavy (non-hydrogen) atoms. The van der Waals surface area contributed by atoms with Crippen LogP contribution in [0.5, 0.6) is 0 Å². The minimum absolute atomic E-state index is 0.338. The van der Waals surface area contributed by atoms with Crippen molar-refractivity contribution in [3.05, 3.63) is 66.7 Å². The standard InChI is InChI=1S/C18H19N3O2/c1-3-13-8-7-9-14(12-13)19-18(23)21-16-11-6-5-10-15(16)20-17(22)4-2/h4-12H,2-3H2,1H3,(H,20,22)(H2,19,21,23). The molecule has 5 nitrogen and oxygen atoms in total. The van der Waals surface area contributed by atoms with Crippen LogP contribution in [0.3, 0.4) is 0 Å². The first-order chi connectivity index (χ1) is 11.1. The number of rotatable bonds is 5. The quantitative estimate of drug-likeness (QED) is 0.730. The molecule has 0 atom stereocenters. The minimum Gasteiger partial charge on any atom is -0.321 e. The van der Waals surface area contributed by atoms with Crippen molar-refractivity contribution in [1.29, 1.82) is 0 Å². The van der Waals surface area contributed by atoms with E-state index in [1.54, 1.807) is 24.3 Å². The van der Waals surface area contributed by atoms with E-state index < -0.39 is 0 Å². The number of hydrogen-bond donors (Lipinski definition) is 3. The highest BCUT2D eigenvalue weighted by molar-refractivity contribution is 6.05. The SMILES string of the molecule is C=CC(=O)Nc1ccccc1NC(=O)Nc1cccc(CC)c1. The molecule has 0 aliphatic heterocycles. The average Bonchev–Trinajstić information content (AvgIpc) is 2.56. The number of nitrogens with one attached hydrogen (secondary N) is 3. The summed E-state index contributed by atoms with van der Waals surface area (Å²) in [4.78, 5) is 23.6. The Bertz CT molecular complexity index is 726. The Morgan fingerprint density at radius 1 is 1.00 bits per heavy atom. The lowest BCUT2D eigenvalue weighted by molar-refractivity contribution is -0.111. The van der Waals surface area contributed by atoms with E-state index in [1.165, 1.54) is 6.08 Å². The number of urea groups is 1. The van der Waals surface area contributed by atoms with E-state index in [0.29, 0.717) is 11.4 Å². The van der Waals surface area contributed by atoms with E-state index in [2.05, 4.69) is 29.5 Å². The second-order valence-electron chi connectivity index (χ2n) is 4.87. The van der Waals surface area contributed by atoms with Gasteiger partial charge < -0.3 is 16.0 Å². The first kappa shape index (κ1) is 16.3. The zero-order valence-electron chi connectivity index (χ0n) is 12.9. The molecule has 118 valence electrons. The van der Waals surface area contributed by atoms with Gasteiger partial charge in [0.25, 0.3) is 0 Å². The Morgan fingerprint density at radius 3 is 2.35 bits per heavy atom. The maximum atomic E-state index is 12.1. The van der Waals surface area contributed by atoms with Crippen molar-refractivity contribution in [2.24, 2.45) is 0 Å². The van der Waals surface area contributed by atoms with Gasteiger partial charge in [-0.1, -0.05) is 37.8 Å². The van der Waals surface area contributed by atoms with Crippen molar-refractivity contribution >= 4 is 29.0 Å². The average molecular weight is 309 g/mol. The van der Waals surface area contributed by atoms with Crippen LogP contribution >= 0.6 is 0 Å². The molecule has 2 aromatic carbocycles. The van der Waals surface area contributed by atoms with Gasteiger partial charge >= 0.3 is 6.03 Å². The molecule has 0 spiro atoms. The van der Waals surface area contributed by atoms with E-state index in [-0.39, 0.29) is 11.9 Å². The fourth-order valence-corrected chi connectivity index (χ4v) is 2.04. The zero-order valence-corrected chi connectivity index (χ0v) is 12.9. The Kier molecular flexibility index (Phi) is 5.52. The maximum absolute atomic E-state index is 12.1. The highest BCUT2D eigenvalue weighted by Crippen LogP contribution is 2.21. The number of anilines is 3. The molecule has 0 radical (unpaired) electrons. The van der Waals surface area contributed by atoms with Crippen molar-refractivity contribution in [3.63, 3.8) is 0 Å². The second kappa shape index (κ2) is 7.79. The van der Waals surface area contributed by atoms with Crippen molar-refractivity contribution in [1.82, 2.24) is 0 Å². The van der Waals surface area contributed by atoms with Gasteiger partial charge in [-0.2, -0.15) is 0 Å². The minimum atomic E-state index is -0.376. The van der Waals surface area contributed by atoms with Crippen LogP contribution in [-0.2, 0) is 11.2 Å². The van der Waals surface area contributed by atoms with Crippen LogP contribution in [0.2, 0.25) is 0 Å². The summed E-state index contributed by atoms with van der Waals surface area (Å²) in [5, 5.41) is 8.15. The highest BCUT2D eigenvalue weighted by Gasteiger charge is 2.08. The predicted molar refractivity (Wildman–Crippen MR) is 93.7 cm³/mol. The summed E-state index contributed by atoms with van der Waals surface area (Å²) < 4.78 is 0. The number of carbonyl (C=O) groups is 2. The van der Waals surface area contributed by atoms with Gasteiger partial charge in [-0.25, -0.2) is 4.79 Å². The molecule has 3 N–H and O–H groups in total. The van der Waals surface area contributed by atoms with Gasteiger partial charge in [-0.15, -0.1) is 0 Å². The monoisotopic (exact) mass is 309 g/mol. The lowest BCUT2D eigenvalue weighted by Crippen LogP contribution is -2.21. The fraction of sp³-hybridized carbons (Fsp3) is 0.111. The third-order valence-corrected chi connectivity index (χ3v) is 3.21. The van der Waals surface area contributed by atoms with Crippen LogP contribution in [0.15, 0.2) is 61.2 Å². The lowest BCUT2D eigenvalue weighted by Gasteiger charge is -2.12. The second-order valence-corrected chi connectivity index (χ2v) is 4.87. The summed E-state index contributed by atoms with van der Waals surface area (Å²) in [5.74, 6) is -0.338. The molecule has 3 amide bonds. The van der Waals surface area contributed by atoms with Crippen molar-refractivity contribution in [2.45, 2.75) is 13.3 Å². The van der Waals surface area contributed by atoms with Gasteiger partial charge in [0.15, 0.2) is 0 Å². The molecule has 2 aromatic rings. The zero-order chi connectivity index (χ0) is 16.7. The van der Waals surface area contributed by atoms with Crippen molar-refractivity contribution in [2.75, 3.05) is 16.0 Å². The molecule has 0 aliphatic rings. The van der Waals surface area contributed by atoms with Crippen LogP contribution in [0.4, 0.5) is 21.9 Å². The van der Waals surface area contributed by atoms with E-state index >= 15 is 0 Å². The van der Waals surface area contributed by atoms with Crippen LogP contribution < -0.4 is 16.0 Å². The molecular weight excluding hydrogens is 290 g/mol. The van der Waals surface area contributed by atoms with Gasteiger partial charge in [-0.3, -0.25) is 4.79 Å². The number of amides is 3. The molecule has 5 heteroatoms. The topological polar surface area (TPSA) is 70.2 Å². The Labute approximate surface area is 135 Å². The molecular formula is C18H19N3O2. The van der Waals surface area contributed by atoms with Crippen LogP contribution in [0.25, 0.3) is 0 Å². The van der Waals surface area contributed by atoms with Gasteiger partial charge in [0, 0.05) is 5.69 Å². The summed E-state index contributed by atoms with van der Waals surface area (Å²) >= 11 is 0. The van der Waals surface area contributed by atoms with Crippen LogP contribution in [0.1, 0.15) is 12.5 Å². The van der Waals surface area contributed by atoms with Crippen molar-refractivity contribution < 1.29 is 9.59 Å². The largest absolute Gasteiger partial charge is 0.323 e. The molecule has 0 saturated carbocycles. The Morgan fingerprint density at radius 2 is 1.70 bits per heavy atom. The van der Waals surface area contributed by atoms with Crippen LogP contribution in [-0.4, -0.2) is 11.9 Å². The number of carbonyl (C=O) groups excluding carboxylic acids is 2. The highest BCUT2D eigenvalue weighted by atomic mass is 16.2. The molecule has 0 aliphatic carbocycles. The summed E-state index contributed by atoms with van der Waals surface area (Å²) in [5.41, 5.74) is 2.87. The van der Waals surface area contributed by atoms with E-state index in [4.69, 9.17) is 0 Å². The predicted octanol–water partition coefficient (Wildman–Crippen LogP) is 4.02. The summed E-state index contributed by atoms with van der Waals surface area (Å²) in [6, 6.07) is 14.2. The third kappa shape index (κ3) is 4.71. The van der Waals surface area contributed by atoms with Crippen molar-refractivity contribution in [3.8, 4) is 0 Å². The van der Waals surface area contributed by atoms with E-state index in [9.17, 15) is 9.59 Å². The molecule has 0 unspecified atom stereocenters. The first-order valence-corrected chi connectivity index (χ1v) is 7.31. The smallest absolute Gasteiger partial charge is 0.321 e. The fourth-order valence-electron chi connectivity index (χ4n) is 2.04. The Hall–Kier alpha value is -3.08. The summed E-state index contributed by atoms with van der Waals surface area (Å²) in [6.07, 6.45) is 2.07.